The zero-order valence-electron chi connectivity index (χ0n) is 12.2. The molecule has 3 heteroatoms. The van der Waals surface area contributed by atoms with Crippen LogP contribution in [0.25, 0.3) is 0 Å². The van der Waals surface area contributed by atoms with Gasteiger partial charge in [-0.15, -0.1) is 0 Å². The molecule has 0 radical (unpaired) electrons. The van der Waals surface area contributed by atoms with Gasteiger partial charge in [-0.3, -0.25) is 0 Å². The van der Waals surface area contributed by atoms with E-state index in [1.807, 2.05) is 26.8 Å². The first kappa shape index (κ1) is 14.6. The molecule has 1 amide bonds. The molecule has 0 unspecified atom stereocenters. The van der Waals surface area contributed by atoms with Crippen molar-refractivity contribution in [1.29, 1.82) is 0 Å². The standard InChI is InChI=1S/C15H23NO2/c1-11-7-8-13(9-12(11)2)10-16(6)14(17)18-15(3,4)5/h7-9H,10H2,1-6H3. The van der Waals surface area contributed by atoms with E-state index in [4.69, 9.17) is 4.74 Å². The van der Waals surface area contributed by atoms with Gasteiger partial charge in [0.25, 0.3) is 0 Å². The van der Waals surface area contributed by atoms with Crippen molar-refractivity contribution in [3.8, 4) is 0 Å². The topological polar surface area (TPSA) is 29.5 Å². The number of amides is 1. The normalized spacial score (nSPS) is 11.2. The number of ether oxygens (including phenoxy) is 1. The Bertz CT molecular complexity index is 433. The Hall–Kier alpha value is -1.51. The van der Waals surface area contributed by atoms with E-state index in [-0.39, 0.29) is 6.09 Å². The summed E-state index contributed by atoms with van der Waals surface area (Å²) >= 11 is 0. The van der Waals surface area contributed by atoms with Gasteiger partial charge >= 0.3 is 6.09 Å². The second kappa shape index (κ2) is 5.42. The Morgan fingerprint density at radius 2 is 1.83 bits per heavy atom. The Morgan fingerprint density at radius 3 is 2.33 bits per heavy atom. The van der Waals surface area contributed by atoms with Crippen molar-refractivity contribution >= 4 is 6.09 Å². The Labute approximate surface area is 110 Å². The van der Waals surface area contributed by atoms with Crippen molar-refractivity contribution in [2.24, 2.45) is 0 Å². The van der Waals surface area contributed by atoms with Crippen LogP contribution in [0, 0.1) is 13.8 Å². The van der Waals surface area contributed by atoms with Gasteiger partial charge < -0.3 is 9.64 Å². The fraction of sp³-hybridized carbons (Fsp3) is 0.533. The molecule has 0 aliphatic carbocycles. The first-order valence-corrected chi connectivity index (χ1v) is 6.19. The summed E-state index contributed by atoms with van der Waals surface area (Å²) in [5.41, 5.74) is 3.17. The maximum atomic E-state index is 11.8. The number of carbonyl (C=O) groups excluding carboxylic acids is 1. The summed E-state index contributed by atoms with van der Waals surface area (Å²) in [7, 11) is 1.75. The van der Waals surface area contributed by atoms with Crippen LogP contribution in [0.3, 0.4) is 0 Å². The van der Waals surface area contributed by atoms with E-state index >= 15 is 0 Å². The smallest absolute Gasteiger partial charge is 0.410 e. The molecule has 0 spiro atoms. The summed E-state index contributed by atoms with van der Waals surface area (Å²) in [6.07, 6.45) is -0.291. The summed E-state index contributed by atoms with van der Waals surface area (Å²) in [6, 6.07) is 6.23. The van der Waals surface area contributed by atoms with Crippen molar-refractivity contribution in [2.45, 2.75) is 46.8 Å². The molecular weight excluding hydrogens is 226 g/mol. The SMILES string of the molecule is Cc1ccc(CN(C)C(=O)OC(C)(C)C)cc1C. The van der Waals surface area contributed by atoms with E-state index in [0.717, 1.165) is 5.56 Å². The second-order valence-corrected chi connectivity index (χ2v) is 5.76. The lowest BCUT2D eigenvalue weighted by molar-refractivity contribution is 0.0285. The molecule has 0 atom stereocenters. The summed E-state index contributed by atoms with van der Waals surface area (Å²) in [6.45, 7) is 10.3. The van der Waals surface area contributed by atoms with Crippen LogP contribution in [0.5, 0.6) is 0 Å². The van der Waals surface area contributed by atoms with Gasteiger partial charge in [0.15, 0.2) is 0 Å². The van der Waals surface area contributed by atoms with Gasteiger partial charge in [-0.25, -0.2) is 4.79 Å². The average Bonchev–Trinajstić information content (AvgIpc) is 2.21. The molecule has 1 rings (SSSR count). The molecule has 0 aliphatic rings. The molecule has 18 heavy (non-hydrogen) atoms. The van der Waals surface area contributed by atoms with E-state index in [1.165, 1.54) is 11.1 Å². The zero-order chi connectivity index (χ0) is 13.9. The highest BCUT2D eigenvalue weighted by Crippen LogP contribution is 2.14. The third kappa shape index (κ3) is 4.40. The Morgan fingerprint density at radius 1 is 1.22 bits per heavy atom. The molecule has 0 saturated heterocycles. The number of aryl methyl sites for hydroxylation is 2. The predicted octanol–water partition coefficient (Wildman–Crippen LogP) is 3.67. The van der Waals surface area contributed by atoms with Crippen molar-refractivity contribution in [2.75, 3.05) is 7.05 Å². The van der Waals surface area contributed by atoms with Crippen LogP contribution in [-0.4, -0.2) is 23.6 Å². The molecule has 0 aliphatic heterocycles. The van der Waals surface area contributed by atoms with E-state index in [2.05, 4.69) is 26.0 Å². The molecule has 0 aromatic heterocycles. The fourth-order valence-electron chi connectivity index (χ4n) is 1.58. The minimum atomic E-state index is -0.450. The molecular formula is C15H23NO2. The highest BCUT2D eigenvalue weighted by molar-refractivity contribution is 5.67. The Balaban J connectivity index is 2.66. The first-order chi connectivity index (χ1) is 8.19. The molecule has 0 N–H and O–H groups in total. The van der Waals surface area contributed by atoms with E-state index in [1.54, 1.807) is 11.9 Å². The molecule has 1 aromatic carbocycles. The number of carbonyl (C=O) groups is 1. The summed E-state index contributed by atoms with van der Waals surface area (Å²) in [5.74, 6) is 0. The lowest BCUT2D eigenvalue weighted by Gasteiger charge is -2.24. The van der Waals surface area contributed by atoms with Crippen LogP contribution < -0.4 is 0 Å². The largest absolute Gasteiger partial charge is 0.444 e. The molecule has 0 saturated carbocycles. The summed E-state index contributed by atoms with van der Waals surface area (Å²) < 4.78 is 5.31. The molecule has 100 valence electrons. The van der Waals surface area contributed by atoms with E-state index < -0.39 is 5.60 Å². The number of benzene rings is 1. The zero-order valence-corrected chi connectivity index (χ0v) is 12.2. The number of nitrogens with zero attached hydrogens (tertiary/aromatic N) is 1. The van der Waals surface area contributed by atoms with Crippen LogP contribution in [0.4, 0.5) is 4.79 Å². The van der Waals surface area contributed by atoms with Crippen molar-refractivity contribution in [3.63, 3.8) is 0 Å². The fourth-order valence-corrected chi connectivity index (χ4v) is 1.58. The van der Waals surface area contributed by atoms with Gasteiger partial charge in [-0.05, 0) is 51.3 Å². The van der Waals surface area contributed by atoms with Crippen LogP contribution in [0.15, 0.2) is 18.2 Å². The summed E-state index contributed by atoms with van der Waals surface area (Å²) in [4.78, 5) is 13.4. The molecule has 1 aromatic rings. The highest BCUT2D eigenvalue weighted by Gasteiger charge is 2.19. The van der Waals surface area contributed by atoms with Gasteiger partial charge in [0.1, 0.15) is 5.60 Å². The van der Waals surface area contributed by atoms with Crippen molar-refractivity contribution in [1.82, 2.24) is 4.90 Å². The third-order valence-electron chi connectivity index (χ3n) is 2.70. The predicted molar refractivity (Wildman–Crippen MR) is 73.6 cm³/mol. The average molecular weight is 249 g/mol. The van der Waals surface area contributed by atoms with Gasteiger partial charge in [-0.2, -0.15) is 0 Å². The molecule has 0 fully saturated rings. The molecule has 0 heterocycles. The quantitative estimate of drug-likeness (QED) is 0.800. The van der Waals surface area contributed by atoms with Gasteiger partial charge in [0.2, 0.25) is 0 Å². The molecule has 3 nitrogen and oxygen atoms in total. The maximum Gasteiger partial charge on any atom is 0.410 e. The highest BCUT2D eigenvalue weighted by atomic mass is 16.6. The number of hydrogen-bond acceptors (Lipinski definition) is 2. The molecule has 0 bridgehead atoms. The van der Waals surface area contributed by atoms with Crippen LogP contribution in [-0.2, 0) is 11.3 Å². The third-order valence-corrected chi connectivity index (χ3v) is 2.70. The van der Waals surface area contributed by atoms with Crippen LogP contribution >= 0.6 is 0 Å². The van der Waals surface area contributed by atoms with E-state index in [9.17, 15) is 4.79 Å². The maximum absolute atomic E-state index is 11.8. The number of rotatable bonds is 2. The minimum absolute atomic E-state index is 0.291. The van der Waals surface area contributed by atoms with Crippen LogP contribution in [0.2, 0.25) is 0 Å². The second-order valence-electron chi connectivity index (χ2n) is 5.76. The van der Waals surface area contributed by atoms with Gasteiger partial charge in [-0.1, -0.05) is 18.2 Å². The Kier molecular flexibility index (Phi) is 4.38. The van der Waals surface area contributed by atoms with E-state index in [0.29, 0.717) is 6.54 Å². The lowest BCUT2D eigenvalue weighted by Crippen LogP contribution is -2.33. The van der Waals surface area contributed by atoms with Crippen LogP contribution in [0.1, 0.15) is 37.5 Å². The first-order valence-electron chi connectivity index (χ1n) is 6.19. The number of hydrogen-bond donors (Lipinski definition) is 0. The minimum Gasteiger partial charge on any atom is -0.444 e. The van der Waals surface area contributed by atoms with Crippen molar-refractivity contribution < 1.29 is 9.53 Å². The van der Waals surface area contributed by atoms with Crippen molar-refractivity contribution in [3.05, 3.63) is 34.9 Å². The monoisotopic (exact) mass is 249 g/mol. The van der Waals surface area contributed by atoms with Gasteiger partial charge in [0, 0.05) is 13.6 Å². The van der Waals surface area contributed by atoms with Gasteiger partial charge in [0.05, 0.1) is 0 Å². The summed E-state index contributed by atoms with van der Waals surface area (Å²) in [5, 5.41) is 0. The lowest BCUT2D eigenvalue weighted by atomic mass is 10.1.